The first-order chi connectivity index (χ1) is 17.7. The van der Waals surface area contributed by atoms with Gasteiger partial charge in [-0.1, -0.05) is 29.8 Å². The fourth-order valence-corrected chi connectivity index (χ4v) is 7.26. The number of nitrogens with zero attached hydrogens (tertiary/aromatic N) is 3. The van der Waals surface area contributed by atoms with Gasteiger partial charge in [-0.3, -0.25) is 9.59 Å². The van der Waals surface area contributed by atoms with Gasteiger partial charge in [-0.05, 0) is 49.7 Å². The van der Waals surface area contributed by atoms with Gasteiger partial charge in [-0.15, -0.1) is 0 Å². The van der Waals surface area contributed by atoms with Crippen LogP contribution in [0.5, 0.6) is 0 Å². The molecule has 2 amide bonds. The van der Waals surface area contributed by atoms with Gasteiger partial charge in [0.25, 0.3) is 0 Å². The molecule has 4 rings (SSSR count). The number of fused-ring (bicyclic) bond motifs is 1. The average Bonchev–Trinajstić information content (AvgIpc) is 2.82. The largest absolute Gasteiger partial charge is 0.335 e. The SMILES string of the molecule is CC(C)N1CC2N(C(=O)C(NS(C)(=O)=O)CN2S(=O)(=O)c2cccc(F)c2)C(Cc2ccc(Cl)cc2)C1=O. The minimum Gasteiger partial charge on any atom is -0.335 e. The Kier molecular flexibility index (Phi) is 7.88. The summed E-state index contributed by atoms with van der Waals surface area (Å²) in [5, 5.41) is 0.476. The molecule has 2 heterocycles. The zero-order valence-electron chi connectivity index (χ0n) is 20.9. The minimum atomic E-state index is -4.43. The van der Waals surface area contributed by atoms with E-state index in [0.29, 0.717) is 10.6 Å². The number of hydrogen-bond donors (Lipinski definition) is 1. The highest BCUT2D eigenvalue weighted by Crippen LogP contribution is 2.33. The lowest BCUT2D eigenvalue weighted by atomic mass is 9.96. The van der Waals surface area contributed by atoms with Crippen molar-refractivity contribution in [2.75, 3.05) is 19.3 Å². The molecular formula is C24H28ClFN4O6S2. The van der Waals surface area contributed by atoms with Crippen molar-refractivity contribution < 1.29 is 30.8 Å². The fourth-order valence-electron chi connectivity index (χ4n) is 4.82. The Labute approximate surface area is 226 Å². The van der Waals surface area contributed by atoms with Crippen molar-refractivity contribution in [1.29, 1.82) is 0 Å². The number of carbonyl (C=O) groups excluding carboxylic acids is 2. The number of nitrogens with one attached hydrogen (secondary N) is 1. The molecule has 2 fully saturated rings. The monoisotopic (exact) mass is 586 g/mol. The summed E-state index contributed by atoms with van der Waals surface area (Å²) < 4.78 is 69.0. The molecule has 2 aliphatic heterocycles. The highest BCUT2D eigenvalue weighted by atomic mass is 35.5. The number of benzene rings is 2. The maximum absolute atomic E-state index is 14.0. The molecular weight excluding hydrogens is 559 g/mol. The molecule has 14 heteroatoms. The van der Waals surface area contributed by atoms with Crippen LogP contribution in [0.25, 0.3) is 0 Å². The Bertz CT molecular complexity index is 1450. The van der Waals surface area contributed by atoms with Crippen LogP contribution in [0.2, 0.25) is 5.02 Å². The molecule has 3 atom stereocenters. The summed E-state index contributed by atoms with van der Waals surface area (Å²) in [7, 11) is -8.37. The van der Waals surface area contributed by atoms with E-state index in [1.165, 1.54) is 17.0 Å². The maximum Gasteiger partial charge on any atom is 0.246 e. The second-order valence-corrected chi connectivity index (χ2v) is 13.7. The van der Waals surface area contributed by atoms with E-state index < -0.39 is 62.5 Å². The Morgan fingerprint density at radius 1 is 1.03 bits per heavy atom. The van der Waals surface area contributed by atoms with Crippen LogP contribution in [-0.4, -0.2) is 86.4 Å². The molecule has 2 aromatic rings. The highest BCUT2D eigenvalue weighted by Gasteiger charge is 2.54. The third-order valence-corrected chi connectivity index (χ3v) is 9.38. The molecule has 2 saturated heterocycles. The number of sulfonamides is 2. The van der Waals surface area contributed by atoms with E-state index in [1.54, 1.807) is 38.1 Å². The van der Waals surface area contributed by atoms with Crippen molar-refractivity contribution in [2.45, 2.75) is 49.5 Å². The number of amides is 2. The lowest BCUT2D eigenvalue weighted by Gasteiger charge is -2.54. The Hall–Kier alpha value is -2.58. The molecule has 2 aromatic carbocycles. The van der Waals surface area contributed by atoms with Crippen LogP contribution < -0.4 is 4.72 Å². The predicted molar refractivity (Wildman–Crippen MR) is 138 cm³/mol. The van der Waals surface area contributed by atoms with E-state index >= 15 is 0 Å². The Morgan fingerprint density at radius 3 is 2.26 bits per heavy atom. The first-order valence-electron chi connectivity index (χ1n) is 11.8. The van der Waals surface area contributed by atoms with Crippen LogP contribution in [-0.2, 0) is 36.1 Å². The molecule has 206 valence electrons. The third-order valence-electron chi connectivity index (χ3n) is 6.56. The zero-order valence-corrected chi connectivity index (χ0v) is 23.3. The maximum atomic E-state index is 14.0. The first kappa shape index (κ1) is 28.4. The molecule has 3 unspecified atom stereocenters. The number of hydrogen-bond acceptors (Lipinski definition) is 6. The number of piperazine rings is 1. The smallest absolute Gasteiger partial charge is 0.246 e. The van der Waals surface area contributed by atoms with Crippen LogP contribution >= 0.6 is 11.6 Å². The van der Waals surface area contributed by atoms with Gasteiger partial charge in [-0.2, -0.15) is 4.31 Å². The third kappa shape index (κ3) is 5.71. The summed E-state index contributed by atoms with van der Waals surface area (Å²) in [4.78, 5) is 29.6. The van der Waals surface area contributed by atoms with Gasteiger partial charge in [0.15, 0.2) is 0 Å². The molecule has 2 aliphatic rings. The predicted octanol–water partition coefficient (Wildman–Crippen LogP) is 1.42. The van der Waals surface area contributed by atoms with Crippen molar-refractivity contribution in [1.82, 2.24) is 18.8 Å². The minimum absolute atomic E-state index is 0.0426. The molecule has 0 saturated carbocycles. The molecule has 0 aromatic heterocycles. The van der Waals surface area contributed by atoms with E-state index in [1.807, 2.05) is 0 Å². The van der Waals surface area contributed by atoms with Gasteiger partial charge in [0.2, 0.25) is 31.9 Å². The molecule has 10 nitrogen and oxygen atoms in total. The number of rotatable bonds is 7. The summed E-state index contributed by atoms with van der Waals surface area (Å²) in [6.07, 6.45) is -0.253. The standard InChI is InChI=1S/C24H28ClFN4O6S2/c1-15(2)28-14-22-29(38(35,36)19-6-4-5-18(26)12-19)13-20(27-37(3,33)34)23(31)30(22)21(24(28)32)11-16-7-9-17(25)10-8-16/h4-10,12,15,20-22,27H,11,13-14H2,1-3H3. The van der Waals surface area contributed by atoms with Crippen molar-refractivity contribution in [3.63, 3.8) is 0 Å². The van der Waals surface area contributed by atoms with Crippen LogP contribution in [0.3, 0.4) is 0 Å². The van der Waals surface area contributed by atoms with Crippen LogP contribution in [0.1, 0.15) is 19.4 Å². The Balaban J connectivity index is 1.85. The number of carbonyl (C=O) groups is 2. The number of halogens is 2. The highest BCUT2D eigenvalue weighted by molar-refractivity contribution is 7.89. The van der Waals surface area contributed by atoms with Crippen molar-refractivity contribution in [3.8, 4) is 0 Å². The lowest BCUT2D eigenvalue weighted by Crippen LogP contribution is -2.76. The quantitative estimate of drug-likeness (QED) is 0.523. The summed E-state index contributed by atoms with van der Waals surface area (Å²) in [6, 6.07) is 8.14. The summed E-state index contributed by atoms with van der Waals surface area (Å²) in [6.45, 7) is 2.88. The second kappa shape index (κ2) is 10.5. The normalized spacial score (nSPS) is 23.2. The van der Waals surface area contributed by atoms with E-state index in [2.05, 4.69) is 4.72 Å². The average molecular weight is 587 g/mol. The van der Waals surface area contributed by atoms with Crippen LogP contribution in [0, 0.1) is 5.82 Å². The summed E-state index contributed by atoms with van der Waals surface area (Å²) in [5.74, 6) is -1.89. The van der Waals surface area contributed by atoms with Gasteiger partial charge in [0, 0.05) is 24.0 Å². The summed E-state index contributed by atoms with van der Waals surface area (Å²) in [5.41, 5.74) is 0.669. The van der Waals surface area contributed by atoms with Gasteiger partial charge < -0.3 is 9.80 Å². The van der Waals surface area contributed by atoms with Crippen molar-refractivity contribution >= 4 is 43.5 Å². The molecule has 0 radical (unpaired) electrons. The van der Waals surface area contributed by atoms with E-state index in [4.69, 9.17) is 11.6 Å². The van der Waals surface area contributed by atoms with Crippen molar-refractivity contribution in [2.24, 2.45) is 0 Å². The molecule has 0 bridgehead atoms. The molecule has 1 N–H and O–H groups in total. The zero-order chi connectivity index (χ0) is 28.0. The topological polar surface area (TPSA) is 124 Å². The molecule has 0 spiro atoms. The van der Waals surface area contributed by atoms with Crippen LogP contribution in [0.15, 0.2) is 53.4 Å². The second-order valence-electron chi connectivity index (χ2n) is 9.63. The van der Waals surface area contributed by atoms with Gasteiger partial charge in [0.05, 0.1) is 17.7 Å². The molecule has 38 heavy (non-hydrogen) atoms. The van der Waals surface area contributed by atoms with Gasteiger partial charge in [0.1, 0.15) is 24.1 Å². The van der Waals surface area contributed by atoms with Crippen molar-refractivity contribution in [3.05, 3.63) is 64.9 Å². The first-order valence-corrected chi connectivity index (χ1v) is 15.5. The summed E-state index contributed by atoms with van der Waals surface area (Å²) >= 11 is 6.00. The lowest BCUT2D eigenvalue weighted by molar-refractivity contribution is -0.168. The van der Waals surface area contributed by atoms with E-state index in [0.717, 1.165) is 27.6 Å². The molecule has 0 aliphatic carbocycles. The van der Waals surface area contributed by atoms with E-state index in [9.17, 15) is 30.8 Å². The van der Waals surface area contributed by atoms with Crippen LogP contribution in [0.4, 0.5) is 4.39 Å². The van der Waals surface area contributed by atoms with Gasteiger partial charge >= 0.3 is 0 Å². The van der Waals surface area contributed by atoms with Gasteiger partial charge in [-0.25, -0.2) is 25.9 Å². The van der Waals surface area contributed by atoms with E-state index in [-0.39, 0.29) is 23.9 Å². The fraction of sp³-hybridized carbons (Fsp3) is 0.417. The Morgan fingerprint density at radius 2 is 1.68 bits per heavy atom.